The molecule has 0 heterocycles. The second-order valence-electron chi connectivity index (χ2n) is 5.58. The topological polar surface area (TPSA) is 52.6 Å². The summed E-state index contributed by atoms with van der Waals surface area (Å²) >= 11 is 0.382. The van der Waals surface area contributed by atoms with E-state index < -0.39 is 23.8 Å². The molecule has 0 fully saturated rings. The summed E-state index contributed by atoms with van der Waals surface area (Å²) in [5.74, 6) is -3.96. The summed E-state index contributed by atoms with van der Waals surface area (Å²) in [6, 6.07) is 14.1. The van der Waals surface area contributed by atoms with Gasteiger partial charge >= 0.3 is 11.9 Å². The zero-order valence-corrected chi connectivity index (χ0v) is 15.0. The maximum Gasteiger partial charge on any atom is 0.352 e. The molecule has 1 atom stereocenters. The van der Waals surface area contributed by atoms with Gasteiger partial charge in [0.2, 0.25) is 6.10 Å². The van der Waals surface area contributed by atoms with Crippen molar-refractivity contribution in [3.05, 3.63) is 65.7 Å². The van der Waals surface area contributed by atoms with E-state index in [1.54, 1.807) is 44.2 Å². The number of ether oxygens (including phenoxy) is 2. The number of hydrogen-bond donors (Lipinski definition) is 0. The van der Waals surface area contributed by atoms with Gasteiger partial charge in [0.1, 0.15) is 0 Å². The Morgan fingerprint density at radius 2 is 1.54 bits per heavy atom. The highest BCUT2D eigenvalue weighted by Gasteiger charge is 2.27. The van der Waals surface area contributed by atoms with Crippen molar-refractivity contribution in [2.24, 2.45) is 0 Å². The first-order valence-corrected chi connectivity index (χ1v) is 8.76. The highest BCUT2D eigenvalue weighted by atomic mass is 32.2. The zero-order chi connectivity index (χ0) is 19.1. The van der Waals surface area contributed by atoms with Crippen LogP contribution in [-0.2, 0) is 14.3 Å². The molecule has 0 saturated carbocycles. The van der Waals surface area contributed by atoms with Gasteiger partial charge in [0, 0.05) is 10.5 Å². The number of alkyl halides is 2. The number of hydrogen-bond acceptors (Lipinski definition) is 5. The summed E-state index contributed by atoms with van der Waals surface area (Å²) in [6.45, 7) is 3.39. The van der Waals surface area contributed by atoms with E-state index >= 15 is 0 Å². The van der Waals surface area contributed by atoms with Gasteiger partial charge in [-0.1, -0.05) is 42.1 Å². The zero-order valence-electron chi connectivity index (χ0n) is 14.2. The van der Waals surface area contributed by atoms with Crippen LogP contribution in [0.4, 0.5) is 8.78 Å². The highest BCUT2D eigenvalue weighted by Crippen LogP contribution is 2.26. The van der Waals surface area contributed by atoms with Gasteiger partial charge in [0.15, 0.2) is 0 Å². The fourth-order valence-corrected chi connectivity index (χ4v) is 2.62. The highest BCUT2D eigenvalue weighted by molar-refractivity contribution is 7.99. The first-order valence-electron chi connectivity index (χ1n) is 7.88. The second kappa shape index (κ2) is 9.33. The monoisotopic (exact) mass is 380 g/mol. The molecule has 0 N–H and O–H groups in total. The maximum absolute atomic E-state index is 12.4. The van der Waals surface area contributed by atoms with Gasteiger partial charge in [0.05, 0.1) is 11.7 Å². The van der Waals surface area contributed by atoms with Crippen LogP contribution in [0.3, 0.4) is 0 Å². The van der Waals surface area contributed by atoms with Crippen molar-refractivity contribution in [1.82, 2.24) is 0 Å². The fraction of sp³-hybridized carbons (Fsp3) is 0.263. The van der Waals surface area contributed by atoms with E-state index in [0.717, 1.165) is 0 Å². The Hall–Kier alpha value is -2.41. The summed E-state index contributed by atoms with van der Waals surface area (Å²) in [6.07, 6.45) is -1.57. The molecule has 7 heteroatoms. The molecule has 4 nitrogen and oxygen atoms in total. The van der Waals surface area contributed by atoms with E-state index in [9.17, 15) is 18.4 Å². The third-order valence-electron chi connectivity index (χ3n) is 3.21. The molecule has 0 aliphatic carbocycles. The molecular weight excluding hydrogens is 362 g/mol. The molecule has 0 aliphatic heterocycles. The average Bonchev–Trinajstić information content (AvgIpc) is 2.59. The number of rotatable bonds is 7. The number of halogens is 2. The van der Waals surface area contributed by atoms with E-state index in [-0.39, 0.29) is 11.7 Å². The van der Waals surface area contributed by atoms with Gasteiger partial charge in [-0.25, -0.2) is 9.59 Å². The molecule has 0 aliphatic rings. The lowest BCUT2D eigenvalue weighted by Gasteiger charge is -2.18. The molecule has 2 rings (SSSR count). The quantitative estimate of drug-likeness (QED) is 0.508. The molecule has 0 bridgehead atoms. The lowest BCUT2D eigenvalue weighted by molar-refractivity contribution is -0.158. The number of benzene rings is 2. The van der Waals surface area contributed by atoms with Crippen LogP contribution in [0.5, 0.6) is 0 Å². The Morgan fingerprint density at radius 1 is 0.923 bits per heavy atom. The Morgan fingerprint density at radius 3 is 2.08 bits per heavy atom. The van der Waals surface area contributed by atoms with Crippen LogP contribution in [0.2, 0.25) is 0 Å². The Kier molecular flexibility index (Phi) is 7.15. The predicted octanol–water partition coefficient (Wildman–Crippen LogP) is 4.85. The fourth-order valence-electron chi connectivity index (χ4n) is 2.12. The molecule has 0 saturated heterocycles. The average molecular weight is 380 g/mol. The van der Waals surface area contributed by atoms with Gasteiger partial charge in [-0.05, 0) is 38.1 Å². The van der Waals surface area contributed by atoms with Crippen molar-refractivity contribution in [3.63, 3.8) is 0 Å². The largest absolute Gasteiger partial charge is 0.460 e. The van der Waals surface area contributed by atoms with Crippen LogP contribution in [0, 0.1) is 0 Å². The lowest BCUT2D eigenvalue weighted by Crippen LogP contribution is -2.24. The van der Waals surface area contributed by atoms with Crippen molar-refractivity contribution in [2.45, 2.75) is 36.7 Å². The molecule has 2 aromatic carbocycles. The minimum atomic E-state index is -2.54. The van der Waals surface area contributed by atoms with Gasteiger partial charge in [0.25, 0.3) is 5.76 Å². The number of thioether (sulfide) groups is 1. The second-order valence-corrected chi connectivity index (χ2v) is 6.65. The van der Waals surface area contributed by atoms with E-state index in [1.807, 2.05) is 0 Å². The van der Waals surface area contributed by atoms with Crippen LogP contribution in [0.15, 0.2) is 59.5 Å². The standard InChI is InChI=1S/C19H18F2O4S/c1-12(2)24-18(23)16(13-6-4-3-5-7-13)25-17(22)14-8-10-15(11-9-14)26-19(20)21/h3-12,16,19H,1-2H3. The minimum Gasteiger partial charge on any atom is -0.460 e. The van der Waals surface area contributed by atoms with Crippen molar-refractivity contribution in [3.8, 4) is 0 Å². The van der Waals surface area contributed by atoms with Crippen LogP contribution >= 0.6 is 11.8 Å². The van der Waals surface area contributed by atoms with Gasteiger partial charge in [-0.3, -0.25) is 0 Å². The molecule has 2 aromatic rings. The number of carbonyl (C=O) groups is 2. The van der Waals surface area contributed by atoms with E-state index in [4.69, 9.17) is 9.47 Å². The predicted molar refractivity (Wildman–Crippen MR) is 94.1 cm³/mol. The van der Waals surface area contributed by atoms with Crippen molar-refractivity contribution in [2.75, 3.05) is 0 Å². The Bertz CT molecular complexity index is 733. The Balaban J connectivity index is 2.16. The number of carbonyl (C=O) groups excluding carboxylic acids is 2. The summed E-state index contributed by atoms with van der Waals surface area (Å²) in [4.78, 5) is 25.0. The summed E-state index contributed by atoms with van der Waals surface area (Å²) < 4.78 is 35.2. The molecule has 0 amide bonds. The van der Waals surface area contributed by atoms with Crippen molar-refractivity contribution < 1.29 is 27.8 Å². The minimum absolute atomic E-state index is 0.155. The molecule has 0 aromatic heterocycles. The van der Waals surface area contributed by atoms with Gasteiger partial charge < -0.3 is 9.47 Å². The molecule has 0 spiro atoms. The molecular formula is C19H18F2O4S. The lowest BCUT2D eigenvalue weighted by atomic mass is 10.1. The summed E-state index contributed by atoms with van der Waals surface area (Å²) in [5.41, 5.74) is 0.637. The summed E-state index contributed by atoms with van der Waals surface area (Å²) in [7, 11) is 0. The van der Waals surface area contributed by atoms with Crippen LogP contribution < -0.4 is 0 Å². The molecule has 1 unspecified atom stereocenters. The third-order valence-corrected chi connectivity index (χ3v) is 3.93. The first kappa shape index (κ1) is 19.9. The van der Waals surface area contributed by atoms with Crippen LogP contribution in [0.1, 0.15) is 35.9 Å². The van der Waals surface area contributed by atoms with Crippen molar-refractivity contribution >= 4 is 23.7 Å². The molecule has 26 heavy (non-hydrogen) atoms. The third kappa shape index (κ3) is 5.84. The summed E-state index contributed by atoms with van der Waals surface area (Å²) in [5, 5.41) is 0. The molecule has 138 valence electrons. The first-order chi connectivity index (χ1) is 12.4. The van der Waals surface area contributed by atoms with Crippen molar-refractivity contribution in [1.29, 1.82) is 0 Å². The van der Waals surface area contributed by atoms with E-state index in [2.05, 4.69) is 0 Å². The van der Waals surface area contributed by atoms with E-state index in [1.165, 1.54) is 24.3 Å². The maximum atomic E-state index is 12.4. The molecule has 0 radical (unpaired) electrons. The number of esters is 2. The SMILES string of the molecule is CC(C)OC(=O)C(OC(=O)c1ccc(SC(F)F)cc1)c1ccccc1. The van der Waals surface area contributed by atoms with Gasteiger partial charge in [-0.15, -0.1) is 0 Å². The smallest absolute Gasteiger partial charge is 0.352 e. The van der Waals surface area contributed by atoms with Gasteiger partial charge in [-0.2, -0.15) is 8.78 Å². The normalized spacial score (nSPS) is 12.1. The van der Waals surface area contributed by atoms with E-state index in [0.29, 0.717) is 22.2 Å². The van der Waals surface area contributed by atoms with Crippen LogP contribution in [0.25, 0.3) is 0 Å². The Labute approximate surface area is 154 Å². The van der Waals surface area contributed by atoms with Crippen LogP contribution in [-0.4, -0.2) is 23.8 Å².